The highest BCUT2D eigenvalue weighted by Gasteiger charge is 2.17. The van der Waals surface area contributed by atoms with Crippen LogP contribution in [0.1, 0.15) is 25.3 Å². The van der Waals surface area contributed by atoms with Gasteiger partial charge in [-0.2, -0.15) is 0 Å². The second kappa shape index (κ2) is 4.59. The van der Waals surface area contributed by atoms with E-state index in [9.17, 15) is 9.18 Å². The zero-order valence-corrected chi connectivity index (χ0v) is 11.1. The average Bonchev–Trinajstić information content (AvgIpc) is 2.80. The summed E-state index contributed by atoms with van der Waals surface area (Å²) in [5, 5.41) is 0.650. The van der Waals surface area contributed by atoms with Crippen LogP contribution in [0.5, 0.6) is 0 Å². The van der Waals surface area contributed by atoms with E-state index >= 15 is 0 Å². The molecule has 1 N–H and O–H groups in total. The Morgan fingerprint density at radius 2 is 2.10 bits per heavy atom. The van der Waals surface area contributed by atoms with Gasteiger partial charge in [0.05, 0.1) is 6.33 Å². The van der Waals surface area contributed by atoms with Gasteiger partial charge in [0.25, 0.3) is 5.56 Å². The van der Waals surface area contributed by atoms with Gasteiger partial charge in [-0.05, 0) is 30.2 Å². The van der Waals surface area contributed by atoms with Gasteiger partial charge in [-0.1, -0.05) is 13.8 Å². The van der Waals surface area contributed by atoms with Gasteiger partial charge in [0, 0.05) is 10.9 Å². The standard InChI is InChI=1S/C15H13FN2O2/c1-8(2)13-14(17-7-18-15(13)19)12-6-9-5-10(16)3-4-11(9)20-12/h3-8H,1-2H3,(H,17,18,19). The number of benzene rings is 1. The number of halogens is 1. The molecule has 3 rings (SSSR count). The summed E-state index contributed by atoms with van der Waals surface area (Å²) in [4.78, 5) is 18.7. The van der Waals surface area contributed by atoms with Crippen LogP contribution in [0.3, 0.4) is 0 Å². The van der Waals surface area contributed by atoms with Gasteiger partial charge in [-0.3, -0.25) is 4.79 Å². The number of aromatic amines is 1. The number of nitrogens with one attached hydrogen (secondary N) is 1. The minimum atomic E-state index is -0.326. The summed E-state index contributed by atoms with van der Waals surface area (Å²) < 4.78 is 18.9. The Hall–Kier alpha value is -2.43. The van der Waals surface area contributed by atoms with Crippen molar-refractivity contribution < 1.29 is 8.81 Å². The minimum absolute atomic E-state index is 0.00685. The predicted octanol–water partition coefficient (Wildman–Crippen LogP) is 3.45. The van der Waals surface area contributed by atoms with Crippen molar-refractivity contribution in [1.82, 2.24) is 9.97 Å². The lowest BCUT2D eigenvalue weighted by molar-refractivity contribution is 0.616. The summed E-state index contributed by atoms with van der Waals surface area (Å²) in [6, 6.07) is 6.00. The highest BCUT2D eigenvalue weighted by Crippen LogP contribution is 2.30. The minimum Gasteiger partial charge on any atom is -0.454 e. The lowest BCUT2D eigenvalue weighted by Gasteiger charge is -2.07. The van der Waals surface area contributed by atoms with Gasteiger partial charge in [-0.15, -0.1) is 0 Å². The number of fused-ring (bicyclic) bond motifs is 1. The molecule has 102 valence electrons. The molecule has 0 aliphatic heterocycles. The third kappa shape index (κ3) is 2.01. The van der Waals surface area contributed by atoms with E-state index in [-0.39, 0.29) is 17.3 Å². The molecule has 20 heavy (non-hydrogen) atoms. The molecule has 0 amide bonds. The lowest BCUT2D eigenvalue weighted by Crippen LogP contribution is -2.16. The molecule has 0 saturated heterocycles. The van der Waals surface area contributed by atoms with Crippen molar-refractivity contribution in [2.45, 2.75) is 19.8 Å². The summed E-state index contributed by atoms with van der Waals surface area (Å²) >= 11 is 0. The van der Waals surface area contributed by atoms with Crippen molar-refractivity contribution in [3.63, 3.8) is 0 Å². The van der Waals surface area contributed by atoms with E-state index in [0.717, 1.165) is 0 Å². The molecule has 2 heterocycles. The van der Waals surface area contributed by atoms with Crippen LogP contribution in [0.25, 0.3) is 22.4 Å². The van der Waals surface area contributed by atoms with Gasteiger partial charge in [0.1, 0.15) is 17.1 Å². The molecule has 0 saturated carbocycles. The van der Waals surface area contributed by atoms with Gasteiger partial charge in [0.15, 0.2) is 5.76 Å². The summed E-state index contributed by atoms with van der Waals surface area (Å²) in [7, 11) is 0. The third-order valence-corrected chi connectivity index (χ3v) is 3.18. The smallest absolute Gasteiger partial charge is 0.254 e. The molecule has 0 bridgehead atoms. The first-order valence-corrected chi connectivity index (χ1v) is 6.33. The second-order valence-corrected chi connectivity index (χ2v) is 4.94. The van der Waals surface area contributed by atoms with E-state index in [1.807, 2.05) is 13.8 Å². The maximum Gasteiger partial charge on any atom is 0.254 e. The number of hydrogen-bond donors (Lipinski definition) is 1. The average molecular weight is 272 g/mol. The van der Waals surface area contributed by atoms with Crippen molar-refractivity contribution in [3.8, 4) is 11.5 Å². The van der Waals surface area contributed by atoms with Crippen molar-refractivity contribution in [3.05, 3.63) is 52.3 Å². The highest BCUT2D eigenvalue weighted by atomic mass is 19.1. The number of hydrogen-bond acceptors (Lipinski definition) is 3. The van der Waals surface area contributed by atoms with Crippen molar-refractivity contribution in [1.29, 1.82) is 0 Å². The highest BCUT2D eigenvalue weighted by molar-refractivity contribution is 5.82. The first-order valence-electron chi connectivity index (χ1n) is 6.33. The number of furan rings is 1. The zero-order valence-electron chi connectivity index (χ0n) is 11.1. The Balaban J connectivity index is 2.25. The molecule has 0 unspecified atom stereocenters. The Morgan fingerprint density at radius 3 is 2.85 bits per heavy atom. The molecule has 0 spiro atoms. The van der Waals surface area contributed by atoms with E-state index in [2.05, 4.69) is 9.97 Å². The van der Waals surface area contributed by atoms with Crippen molar-refractivity contribution >= 4 is 11.0 Å². The van der Waals surface area contributed by atoms with Crippen LogP contribution in [-0.4, -0.2) is 9.97 Å². The predicted molar refractivity (Wildman–Crippen MR) is 74.1 cm³/mol. The SMILES string of the molecule is CC(C)c1c(-c2cc3cc(F)ccc3o2)nc[nH]c1=O. The van der Waals surface area contributed by atoms with Gasteiger partial charge in [0.2, 0.25) is 0 Å². The molecule has 0 radical (unpaired) electrons. The molecule has 4 nitrogen and oxygen atoms in total. The van der Waals surface area contributed by atoms with E-state index in [1.54, 1.807) is 12.1 Å². The monoisotopic (exact) mass is 272 g/mol. The Morgan fingerprint density at radius 1 is 1.30 bits per heavy atom. The van der Waals surface area contributed by atoms with Crippen LogP contribution in [0, 0.1) is 5.82 Å². The molecule has 1 aromatic carbocycles. The first kappa shape index (κ1) is 12.6. The molecule has 0 atom stereocenters. The van der Waals surface area contributed by atoms with E-state index < -0.39 is 0 Å². The fraction of sp³-hybridized carbons (Fsp3) is 0.200. The molecular weight excluding hydrogens is 259 g/mol. The number of rotatable bonds is 2. The van der Waals surface area contributed by atoms with E-state index in [1.165, 1.54) is 18.5 Å². The normalized spacial score (nSPS) is 11.4. The van der Waals surface area contributed by atoms with Crippen LogP contribution in [0.4, 0.5) is 4.39 Å². The van der Waals surface area contributed by atoms with Crippen LogP contribution in [-0.2, 0) is 0 Å². The maximum absolute atomic E-state index is 13.2. The third-order valence-electron chi connectivity index (χ3n) is 3.18. The van der Waals surface area contributed by atoms with Gasteiger partial charge >= 0.3 is 0 Å². The number of nitrogens with zero attached hydrogens (tertiary/aromatic N) is 1. The fourth-order valence-electron chi connectivity index (χ4n) is 2.27. The summed E-state index contributed by atoms with van der Waals surface area (Å²) in [6.45, 7) is 3.83. The summed E-state index contributed by atoms with van der Waals surface area (Å²) in [5.41, 5.74) is 1.45. The number of aromatic nitrogens is 2. The van der Waals surface area contributed by atoms with Crippen LogP contribution >= 0.6 is 0 Å². The topological polar surface area (TPSA) is 58.9 Å². The quantitative estimate of drug-likeness (QED) is 0.777. The van der Waals surface area contributed by atoms with Crippen molar-refractivity contribution in [2.24, 2.45) is 0 Å². The van der Waals surface area contributed by atoms with Gasteiger partial charge < -0.3 is 9.40 Å². The Kier molecular flexibility index (Phi) is 2.89. The van der Waals surface area contributed by atoms with E-state index in [0.29, 0.717) is 28.0 Å². The van der Waals surface area contributed by atoms with Crippen molar-refractivity contribution in [2.75, 3.05) is 0 Å². The Bertz CT molecular complexity index is 833. The largest absolute Gasteiger partial charge is 0.454 e. The molecule has 0 aliphatic rings. The molecule has 0 fully saturated rings. The lowest BCUT2D eigenvalue weighted by atomic mass is 10.0. The fourth-order valence-corrected chi connectivity index (χ4v) is 2.27. The maximum atomic E-state index is 13.2. The molecule has 3 aromatic rings. The van der Waals surface area contributed by atoms with Crippen LogP contribution in [0.15, 0.2) is 39.8 Å². The molecule has 0 aliphatic carbocycles. The zero-order chi connectivity index (χ0) is 14.3. The first-order chi connectivity index (χ1) is 9.56. The molecule has 2 aromatic heterocycles. The molecule has 5 heteroatoms. The Labute approximate surface area is 114 Å². The second-order valence-electron chi connectivity index (χ2n) is 4.94. The van der Waals surface area contributed by atoms with Crippen LogP contribution in [0.2, 0.25) is 0 Å². The van der Waals surface area contributed by atoms with E-state index in [4.69, 9.17) is 4.42 Å². The summed E-state index contributed by atoms with van der Waals surface area (Å²) in [6.07, 6.45) is 1.34. The van der Waals surface area contributed by atoms with Gasteiger partial charge in [-0.25, -0.2) is 9.37 Å². The molecular formula is C15H13FN2O2. The number of H-pyrrole nitrogens is 1. The van der Waals surface area contributed by atoms with Crippen LogP contribution < -0.4 is 5.56 Å². The summed E-state index contributed by atoms with van der Waals surface area (Å²) in [5.74, 6) is 0.153.